The number of hydrogen-bond donors (Lipinski definition) is 0. The van der Waals surface area contributed by atoms with Gasteiger partial charge < -0.3 is 4.74 Å². The minimum absolute atomic E-state index is 0.268. The highest BCUT2D eigenvalue weighted by Crippen LogP contribution is 2.51. The fourth-order valence-corrected chi connectivity index (χ4v) is 2.94. The van der Waals surface area contributed by atoms with Crippen molar-refractivity contribution in [3.8, 4) is 0 Å². The van der Waals surface area contributed by atoms with Gasteiger partial charge in [0.15, 0.2) is 0 Å². The van der Waals surface area contributed by atoms with E-state index in [0.717, 1.165) is 6.42 Å². The van der Waals surface area contributed by atoms with Crippen LogP contribution in [0.3, 0.4) is 0 Å². The predicted molar refractivity (Wildman–Crippen MR) is 83.5 cm³/mol. The van der Waals surface area contributed by atoms with Gasteiger partial charge in [-0.1, -0.05) is 42.5 Å². The SMILES string of the molecule is COC(=O)c1ccc(C2(CCc3ccccc3)CC2)cc1. The predicted octanol–water partition coefficient (Wildman–Crippen LogP) is 4.14. The van der Waals surface area contributed by atoms with Gasteiger partial charge in [-0.05, 0) is 54.4 Å². The van der Waals surface area contributed by atoms with Crippen molar-refractivity contribution in [2.24, 2.45) is 0 Å². The molecule has 1 fully saturated rings. The third kappa shape index (κ3) is 2.99. The van der Waals surface area contributed by atoms with Crippen LogP contribution in [0.1, 0.15) is 40.7 Å². The van der Waals surface area contributed by atoms with Crippen molar-refractivity contribution in [1.82, 2.24) is 0 Å². The Balaban J connectivity index is 1.69. The van der Waals surface area contributed by atoms with Crippen LogP contribution < -0.4 is 0 Å². The summed E-state index contributed by atoms with van der Waals surface area (Å²) in [7, 11) is 1.42. The number of carbonyl (C=O) groups is 1. The normalized spacial score (nSPS) is 15.5. The molecule has 0 heterocycles. The Kier molecular flexibility index (Phi) is 3.78. The van der Waals surface area contributed by atoms with Gasteiger partial charge in [0.1, 0.15) is 0 Å². The molecule has 2 nitrogen and oxygen atoms in total. The molecule has 2 heteroatoms. The average Bonchev–Trinajstić information content (AvgIpc) is 3.34. The molecule has 0 bridgehead atoms. The number of esters is 1. The van der Waals surface area contributed by atoms with E-state index in [1.54, 1.807) is 0 Å². The zero-order chi connectivity index (χ0) is 14.7. The Morgan fingerprint density at radius 2 is 1.71 bits per heavy atom. The van der Waals surface area contributed by atoms with Gasteiger partial charge in [-0.2, -0.15) is 0 Å². The van der Waals surface area contributed by atoms with Crippen LogP contribution in [-0.4, -0.2) is 13.1 Å². The van der Waals surface area contributed by atoms with Crippen LogP contribution in [0.2, 0.25) is 0 Å². The van der Waals surface area contributed by atoms with E-state index in [2.05, 4.69) is 42.5 Å². The summed E-state index contributed by atoms with van der Waals surface area (Å²) in [5.41, 5.74) is 3.70. The fourth-order valence-electron chi connectivity index (χ4n) is 2.94. The number of rotatable bonds is 5. The number of ether oxygens (including phenoxy) is 1. The van der Waals surface area contributed by atoms with Crippen LogP contribution in [-0.2, 0) is 16.6 Å². The molecule has 0 atom stereocenters. The molecule has 1 aliphatic carbocycles. The first-order chi connectivity index (χ1) is 10.2. The number of benzene rings is 2. The van der Waals surface area contributed by atoms with E-state index in [4.69, 9.17) is 4.74 Å². The first kappa shape index (κ1) is 13.9. The highest BCUT2D eigenvalue weighted by atomic mass is 16.5. The van der Waals surface area contributed by atoms with Gasteiger partial charge in [0, 0.05) is 0 Å². The van der Waals surface area contributed by atoms with E-state index >= 15 is 0 Å². The van der Waals surface area contributed by atoms with Crippen molar-refractivity contribution in [2.75, 3.05) is 7.11 Å². The largest absolute Gasteiger partial charge is 0.465 e. The molecule has 0 spiro atoms. The second-order valence-corrected chi connectivity index (χ2v) is 5.83. The number of aryl methyl sites for hydroxylation is 1. The van der Waals surface area contributed by atoms with Crippen molar-refractivity contribution in [3.05, 3.63) is 71.3 Å². The Hall–Kier alpha value is -2.09. The average molecular weight is 280 g/mol. The zero-order valence-corrected chi connectivity index (χ0v) is 12.3. The molecule has 0 N–H and O–H groups in total. The Labute approximate surface area is 125 Å². The first-order valence-corrected chi connectivity index (χ1v) is 7.46. The summed E-state index contributed by atoms with van der Waals surface area (Å²) in [6.07, 6.45) is 4.78. The molecule has 2 aromatic carbocycles. The molecule has 0 aliphatic heterocycles. The summed E-state index contributed by atoms with van der Waals surface area (Å²) < 4.78 is 4.74. The van der Waals surface area contributed by atoms with Crippen LogP contribution in [0.15, 0.2) is 54.6 Å². The van der Waals surface area contributed by atoms with Gasteiger partial charge in [0.2, 0.25) is 0 Å². The summed E-state index contributed by atoms with van der Waals surface area (Å²) in [4.78, 5) is 11.5. The van der Waals surface area contributed by atoms with Crippen molar-refractivity contribution in [3.63, 3.8) is 0 Å². The smallest absolute Gasteiger partial charge is 0.337 e. The molecule has 0 aromatic heterocycles. The molecule has 2 aromatic rings. The standard InChI is InChI=1S/C19H20O2/c1-21-18(20)16-7-9-17(10-8-16)19(13-14-19)12-11-15-5-3-2-4-6-15/h2-10H,11-14H2,1H3. The summed E-state index contributed by atoms with van der Waals surface area (Å²) in [6, 6.07) is 18.6. The molecule has 0 amide bonds. The third-order valence-corrected chi connectivity index (χ3v) is 4.51. The lowest BCUT2D eigenvalue weighted by Gasteiger charge is -2.16. The van der Waals surface area contributed by atoms with Crippen molar-refractivity contribution >= 4 is 5.97 Å². The van der Waals surface area contributed by atoms with Crippen molar-refractivity contribution < 1.29 is 9.53 Å². The van der Waals surface area contributed by atoms with Crippen LogP contribution in [0.25, 0.3) is 0 Å². The maximum atomic E-state index is 11.5. The monoisotopic (exact) mass is 280 g/mol. The molecular formula is C19H20O2. The lowest BCUT2D eigenvalue weighted by atomic mass is 9.89. The number of carbonyl (C=O) groups excluding carboxylic acids is 1. The van der Waals surface area contributed by atoms with Gasteiger partial charge in [-0.15, -0.1) is 0 Å². The zero-order valence-electron chi connectivity index (χ0n) is 12.3. The quantitative estimate of drug-likeness (QED) is 0.769. The maximum Gasteiger partial charge on any atom is 0.337 e. The maximum absolute atomic E-state index is 11.5. The summed E-state index contributed by atoms with van der Waals surface area (Å²) in [5, 5.41) is 0. The van der Waals surface area contributed by atoms with E-state index in [1.165, 1.54) is 37.5 Å². The van der Waals surface area contributed by atoms with E-state index in [-0.39, 0.29) is 5.97 Å². The van der Waals surface area contributed by atoms with E-state index in [0.29, 0.717) is 11.0 Å². The molecule has 1 aliphatic rings. The minimum Gasteiger partial charge on any atom is -0.465 e. The van der Waals surface area contributed by atoms with Crippen LogP contribution in [0.4, 0.5) is 0 Å². The van der Waals surface area contributed by atoms with E-state index in [9.17, 15) is 4.79 Å². The van der Waals surface area contributed by atoms with Gasteiger partial charge in [0.25, 0.3) is 0 Å². The number of hydrogen-bond acceptors (Lipinski definition) is 2. The molecular weight excluding hydrogens is 260 g/mol. The van der Waals surface area contributed by atoms with E-state index in [1.807, 2.05) is 12.1 Å². The lowest BCUT2D eigenvalue weighted by molar-refractivity contribution is 0.0600. The van der Waals surface area contributed by atoms with Crippen LogP contribution >= 0.6 is 0 Å². The molecule has 0 unspecified atom stereocenters. The Morgan fingerprint density at radius 3 is 2.29 bits per heavy atom. The van der Waals surface area contributed by atoms with Crippen LogP contribution in [0.5, 0.6) is 0 Å². The molecule has 21 heavy (non-hydrogen) atoms. The van der Waals surface area contributed by atoms with Gasteiger partial charge >= 0.3 is 5.97 Å². The highest BCUT2D eigenvalue weighted by molar-refractivity contribution is 5.89. The molecule has 108 valence electrons. The molecule has 3 rings (SSSR count). The highest BCUT2D eigenvalue weighted by Gasteiger charge is 2.43. The van der Waals surface area contributed by atoms with Gasteiger partial charge in [-0.3, -0.25) is 0 Å². The van der Waals surface area contributed by atoms with Gasteiger partial charge in [-0.25, -0.2) is 4.79 Å². The van der Waals surface area contributed by atoms with Crippen molar-refractivity contribution in [1.29, 1.82) is 0 Å². The van der Waals surface area contributed by atoms with Crippen LogP contribution in [0, 0.1) is 0 Å². The van der Waals surface area contributed by atoms with Gasteiger partial charge in [0.05, 0.1) is 12.7 Å². The Morgan fingerprint density at radius 1 is 1.05 bits per heavy atom. The summed E-state index contributed by atoms with van der Waals surface area (Å²) >= 11 is 0. The minimum atomic E-state index is -0.268. The summed E-state index contributed by atoms with van der Waals surface area (Å²) in [5.74, 6) is -0.268. The second-order valence-electron chi connectivity index (χ2n) is 5.83. The molecule has 0 saturated heterocycles. The lowest BCUT2D eigenvalue weighted by Crippen LogP contribution is -2.09. The third-order valence-electron chi connectivity index (χ3n) is 4.51. The second kappa shape index (κ2) is 5.72. The first-order valence-electron chi connectivity index (χ1n) is 7.46. The fraction of sp³-hybridized carbons (Fsp3) is 0.316. The van der Waals surface area contributed by atoms with Crippen molar-refractivity contribution in [2.45, 2.75) is 31.1 Å². The van der Waals surface area contributed by atoms with E-state index < -0.39 is 0 Å². The number of methoxy groups -OCH3 is 1. The summed E-state index contributed by atoms with van der Waals surface area (Å²) in [6.45, 7) is 0. The molecule has 0 radical (unpaired) electrons. The molecule has 1 saturated carbocycles. The topological polar surface area (TPSA) is 26.3 Å². The Bertz CT molecular complexity index is 610.